The molecule has 0 saturated heterocycles. The van der Waals surface area contributed by atoms with Gasteiger partial charge in [0.05, 0.1) is 18.4 Å². The number of amides is 1. The molecule has 3 fully saturated rings. The van der Waals surface area contributed by atoms with E-state index in [9.17, 15) is 19.5 Å². The lowest BCUT2D eigenvalue weighted by molar-refractivity contribution is -0.156. The van der Waals surface area contributed by atoms with Crippen LogP contribution in [0.2, 0.25) is 0 Å². The summed E-state index contributed by atoms with van der Waals surface area (Å²) in [6, 6.07) is 9.54. The molecule has 0 spiro atoms. The number of anilines is 1. The third-order valence-corrected chi connectivity index (χ3v) is 7.69. The maximum absolute atomic E-state index is 13.3. The van der Waals surface area contributed by atoms with Gasteiger partial charge in [-0.05, 0) is 56.9 Å². The number of aliphatic carboxylic acids is 1. The first kappa shape index (κ1) is 21.6. The van der Waals surface area contributed by atoms with Crippen molar-refractivity contribution in [1.82, 2.24) is 0 Å². The number of hydrogen-bond donors (Lipinski definition) is 2. The van der Waals surface area contributed by atoms with Gasteiger partial charge in [-0.15, -0.1) is 11.3 Å². The first-order valence-corrected chi connectivity index (χ1v) is 11.6. The van der Waals surface area contributed by atoms with Gasteiger partial charge in [0.15, 0.2) is 0 Å². The lowest BCUT2D eigenvalue weighted by Crippen LogP contribution is -2.49. The van der Waals surface area contributed by atoms with E-state index in [0.717, 1.165) is 41.7 Å². The number of ether oxygens (including phenoxy) is 1. The van der Waals surface area contributed by atoms with Crippen molar-refractivity contribution in [2.75, 3.05) is 11.9 Å². The van der Waals surface area contributed by atoms with Crippen LogP contribution in [0.1, 0.15) is 47.8 Å². The van der Waals surface area contributed by atoms with Crippen molar-refractivity contribution in [2.24, 2.45) is 23.7 Å². The normalized spacial score (nSPS) is 24.6. The van der Waals surface area contributed by atoms with Gasteiger partial charge in [0.1, 0.15) is 10.6 Å². The zero-order valence-electron chi connectivity index (χ0n) is 17.7. The topological polar surface area (TPSA) is 92.7 Å². The number of carbonyl (C=O) groups excluding carboxylic acids is 2. The maximum Gasteiger partial charge on any atom is 0.341 e. The molecule has 31 heavy (non-hydrogen) atoms. The molecule has 3 saturated carbocycles. The molecule has 1 amide bonds. The fourth-order valence-corrected chi connectivity index (χ4v) is 6.43. The Morgan fingerprint density at radius 1 is 1.06 bits per heavy atom. The number of rotatable bonds is 6. The second kappa shape index (κ2) is 8.83. The molecule has 164 valence electrons. The molecular formula is C24H27NO5S. The second-order valence-electron chi connectivity index (χ2n) is 8.38. The van der Waals surface area contributed by atoms with Crippen LogP contribution in [0.3, 0.4) is 0 Å². The Bertz CT molecular complexity index is 991. The summed E-state index contributed by atoms with van der Waals surface area (Å²) in [5.41, 5.74) is 1.97. The van der Waals surface area contributed by atoms with Gasteiger partial charge in [-0.25, -0.2) is 4.79 Å². The lowest BCUT2D eigenvalue weighted by Gasteiger charge is -2.45. The van der Waals surface area contributed by atoms with E-state index in [-0.39, 0.29) is 24.3 Å². The number of benzene rings is 1. The fourth-order valence-electron chi connectivity index (χ4n) is 5.36. The van der Waals surface area contributed by atoms with Crippen LogP contribution >= 0.6 is 11.3 Å². The van der Waals surface area contributed by atoms with Crippen molar-refractivity contribution in [2.45, 2.75) is 39.5 Å². The summed E-state index contributed by atoms with van der Waals surface area (Å²) >= 11 is 1.33. The Morgan fingerprint density at radius 3 is 2.26 bits per heavy atom. The predicted octanol–water partition coefficient (Wildman–Crippen LogP) is 4.98. The predicted molar refractivity (Wildman–Crippen MR) is 119 cm³/mol. The minimum Gasteiger partial charge on any atom is -0.481 e. The molecule has 2 atom stereocenters. The summed E-state index contributed by atoms with van der Waals surface area (Å²) in [6.45, 7) is 3.88. The monoisotopic (exact) mass is 441 g/mol. The molecule has 3 aliphatic carbocycles. The molecule has 1 aromatic carbocycles. The molecule has 2 bridgehead atoms. The van der Waals surface area contributed by atoms with E-state index in [1.165, 1.54) is 11.3 Å². The van der Waals surface area contributed by atoms with Crippen molar-refractivity contribution >= 4 is 34.2 Å². The van der Waals surface area contributed by atoms with Gasteiger partial charge in [0.25, 0.3) is 0 Å². The standard InChI is InChI=1S/C24H27NO5S/c1-3-30-24(29)20-17(14-7-5-4-6-8-14)13(2)31-22(20)25-21(26)18-15-9-11-16(12-10-15)19(18)23(27)28/h4-8,15-16,18-19H,3,9-12H2,1-2H3,(H,25,26)(H,27,28)/t15?,16?,18-,19-/m1/s1. The molecule has 0 aliphatic heterocycles. The Balaban J connectivity index is 1.70. The van der Waals surface area contributed by atoms with E-state index in [0.29, 0.717) is 10.6 Å². The van der Waals surface area contributed by atoms with E-state index in [1.54, 1.807) is 6.92 Å². The maximum atomic E-state index is 13.3. The molecular weight excluding hydrogens is 414 g/mol. The molecule has 5 rings (SSSR count). The Morgan fingerprint density at radius 2 is 1.68 bits per heavy atom. The molecule has 0 radical (unpaired) electrons. The molecule has 2 aromatic rings. The Labute approximate surface area is 185 Å². The second-order valence-corrected chi connectivity index (χ2v) is 9.60. The van der Waals surface area contributed by atoms with Crippen LogP contribution in [0, 0.1) is 30.6 Å². The molecule has 2 N–H and O–H groups in total. The summed E-state index contributed by atoms with van der Waals surface area (Å²) in [7, 11) is 0. The SMILES string of the molecule is CCOC(=O)c1c(NC(=O)[C@@H]2C3CCC(CC3)[C@H]2C(=O)O)sc(C)c1-c1ccccc1. The van der Waals surface area contributed by atoms with Crippen LogP contribution in [0.4, 0.5) is 5.00 Å². The largest absolute Gasteiger partial charge is 0.481 e. The van der Waals surface area contributed by atoms with Gasteiger partial charge in [-0.2, -0.15) is 0 Å². The number of thiophene rings is 1. The van der Waals surface area contributed by atoms with Crippen molar-refractivity contribution in [3.05, 3.63) is 40.8 Å². The highest BCUT2D eigenvalue weighted by Crippen LogP contribution is 2.50. The highest BCUT2D eigenvalue weighted by Gasteiger charge is 2.50. The van der Waals surface area contributed by atoms with E-state index in [1.807, 2.05) is 37.3 Å². The summed E-state index contributed by atoms with van der Waals surface area (Å²) in [5, 5.41) is 13.2. The van der Waals surface area contributed by atoms with E-state index < -0.39 is 23.8 Å². The summed E-state index contributed by atoms with van der Waals surface area (Å²) in [5.74, 6) is -2.78. The van der Waals surface area contributed by atoms with Gasteiger partial charge in [-0.1, -0.05) is 30.3 Å². The van der Waals surface area contributed by atoms with Gasteiger partial charge >= 0.3 is 11.9 Å². The highest BCUT2D eigenvalue weighted by atomic mass is 32.1. The van der Waals surface area contributed by atoms with Crippen molar-refractivity contribution in [3.8, 4) is 11.1 Å². The number of aryl methyl sites for hydroxylation is 1. The number of esters is 1. The average Bonchev–Trinajstić information content (AvgIpc) is 3.10. The van der Waals surface area contributed by atoms with Gasteiger partial charge in [0, 0.05) is 10.4 Å². The number of nitrogens with one attached hydrogen (secondary N) is 1. The molecule has 0 unspecified atom stereocenters. The molecule has 6 nitrogen and oxygen atoms in total. The highest BCUT2D eigenvalue weighted by molar-refractivity contribution is 7.17. The van der Waals surface area contributed by atoms with Crippen LogP contribution in [0.5, 0.6) is 0 Å². The zero-order chi connectivity index (χ0) is 22.1. The average molecular weight is 442 g/mol. The number of fused-ring (bicyclic) bond motifs is 3. The van der Waals surface area contributed by atoms with Gasteiger partial charge < -0.3 is 15.2 Å². The first-order valence-electron chi connectivity index (χ1n) is 10.8. The van der Waals surface area contributed by atoms with Crippen LogP contribution < -0.4 is 5.32 Å². The smallest absolute Gasteiger partial charge is 0.341 e. The number of carbonyl (C=O) groups is 3. The molecule has 1 heterocycles. The van der Waals surface area contributed by atoms with Crippen molar-refractivity contribution < 1.29 is 24.2 Å². The summed E-state index contributed by atoms with van der Waals surface area (Å²) < 4.78 is 5.30. The third kappa shape index (κ3) is 3.99. The van der Waals surface area contributed by atoms with Crippen LogP contribution in [0.15, 0.2) is 30.3 Å². The number of carboxylic acids is 1. The zero-order valence-corrected chi connectivity index (χ0v) is 18.5. The third-order valence-electron chi connectivity index (χ3n) is 6.67. The molecule has 3 aliphatic rings. The Hall–Kier alpha value is -2.67. The first-order chi connectivity index (χ1) is 14.9. The number of carboxylic acid groups (broad SMARTS) is 1. The van der Waals surface area contributed by atoms with Crippen LogP contribution in [-0.4, -0.2) is 29.6 Å². The lowest BCUT2D eigenvalue weighted by atomic mass is 9.58. The minimum absolute atomic E-state index is 0.0488. The fraction of sp³-hybridized carbons (Fsp3) is 0.458. The summed E-state index contributed by atoms with van der Waals surface area (Å²) in [6.07, 6.45) is 3.51. The van der Waals surface area contributed by atoms with Crippen molar-refractivity contribution in [3.63, 3.8) is 0 Å². The van der Waals surface area contributed by atoms with Crippen LogP contribution in [-0.2, 0) is 14.3 Å². The summed E-state index contributed by atoms with van der Waals surface area (Å²) in [4.78, 5) is 39.1. The molecule has 1 aromatic heterocycles. The quantitative estimate of drug-likeness (QED) is 0.617. The van der Waals surface area contributed by atoms with E-state index in [2.05, 4.69) is 5.32 Å². The van der Waals surface area contributed by atoms with Gasteiger partial charge in [-0.3, -0.25) is 9.59 Å². The van der Waals surface area contributed by atoms with Crippen LogP contribution in [0.25, 0.3) is 11.1 Å². The van der Waals surface area contributed by atoms with E-state index >= 15 is 0 Å². The van der Waals surface area contributed by atoms with Gasteiger partial charge in [0.2, 0.25) is 5.91 Å². The minimum atomic E-state index is -0.896. The number of hydrogen-bond acceptors (Lipinski definition) is 5. The van der Waals surface area contributed by atoms with Crippen molar-refractivity contribution in [1.29, 1.82) is 0 Å². The van der Waals surface area contributed by atoms with E-state index in [4.69, 9.17) is 4.74 Å². The Kier molecular flexibility index (Phi) is 6.14. The molecule has 7 heteroatoms.